The number of aromatic nitrogens is 2. The third-order valence-electron chi connectivity index (χ3n) is 2.81. The predicted molar refractivity (Wildman–Crippen MR) is 66.8 cm³/mol. The molecule has 1 aliphatic heterocycles. The topological polar surface area (TPSA) is 62.3 Å². The standard InChI is InChI=1S/C11H9BrFN3O2/c1-16-11(14)5(3-15-16)8-6(13)2-7-10(9(8)12)18-4-17-7/h2-3H,4,14H2,1H3. The van der Waals surface area contributed by atoms with Gasteiger partial charge in [0.15, 0.2) is 11.5 Å². The van der Waals surface area contributed by atoms with Gasteiger partial charge >= 0.3 is 0 Å². The molecule has 1 aromatic carbocycles. The van der Waals surface area contributed by atoms with E-state index in [4.69, 9.17) is 15.2 Å². The minimum Gasteiger partial charge on any atom is -0.453 e. The molecule has 0 bridgehead atoms. The molecule has 1 aliphatic rings. The molecule has 2 aromatic rings. The van der Waals surface area contributed by atoms with Crippen LogP contribution in [0.4, 0.5) is 10.2 Å². The summed E-state index contributed by atoms with van der Waals surface area (Å²) < 4.78 is 26.5. The lowest BCUT2D eigenvalue weighted by Gasteiger charge is -2.08. The van der Waals surface area contributed by atoms with E-state index in [1.165, 1.54) is 16.9 Å². The first-order valence-electron chi connectivity index (χ1n) is 5.15. The zero-order valence-corrected chi connectivity index (χ0v) is 11.0. The highest BCUT2D eigenvalue weighted by molar-refractivity contribution is 9.10. The number of ether oxygens (including phenoxy) is 2. The number of rotatable bonds is 1. The second kappa shape index (κ2) is 3.88. The Kier molecular flexibility index (Phi) is 2.44. The highest BCUT2D eigenvalue weighted by Crippen LogP contribution is 2.47. The predicted octanol–water partition coefficient (Wildman–Crippen LogP) is 2.30. The van der Waals surface area contributed by atoms with E-state index in [1.54, 1.807) is 7.05 Å². The number of nitrogen functional groups attached to an aromatic ring is 1. The van der Waals surface area contributed by atoms with Crippen molar-refractivity contribution in [1.82, 2.24) is 9.78 Å². The monoisotopic (exact) mass is 313 g/mol. The lowest BCUT2D eigenvalue weighted by Crippen LogP contribution is -1.99. The number of nitrogens with two attached hydrogens (primary N) is 1. The first kappa shape index (κ1) is 11.3. The molecule has 7 heteroatoms. The third kappa shape index (κ3) is 1.47. The van der Waals surface area contributed by atoms with Crippen LogP contribution in [0.5, 0.6) is 11.5 Å². The van der Waals surface area contributed by atoms with E-state index < -0.39 is 5.82 Å². The van der Waals surface area contributed by atoms with Gasteiger partial charge in [-0.1, -0.05) is 0 Å². The number of halogens is 2. The maximum absolute atomic E-state index is 14.1. The smallest absolute Gasteiger partial charge is 0.231 e. The fourth-order valence-electron chi connectivity index (χ4n) is 1.86. The average Bonchev–Trinajstić information content (AvgIpc) is 2.90. The molecule has 0 saturated heterocycles. The molecule has 0 amide bonds. The zero-order valence-electron chi connectivity index (χ0n) is 9.41. The minimum absolute atomic E-state index is 0.0827. The fourth-order valence-corrected chi connectivity index (χ4v) is 2.57. The van der Waals surface area contributed by atoms with Crippen molar-refractivity contribution in [1.29, 1.82) is 0 Å². The molecule has 5 nitrogen and oxygen atoms in total. The zero-order chi connectivity index (χ0) is 12.9. The van der Waals surface area contributed by atoms with Crippen LogP contribution in [0.3, 0.4) is 0 Å². The largest absolute Gasteiger partial charge is 0.453 e. The summed E-state index contributed by atoms with van der Waals surface area (Å²) in [5.74, 6) is 0.805. The maximum atomic E-state index is 14.1. The van der Waals surface area contributed by atoms with Crippen molar-refractivity contribution in [3.63, 3.8) is 0 Å². The molecule has 0 saturated carbocycles. The molecular weight excluding hydrogens is 305 g/mol. The van der Waals surface area contributed by atoms with Gasteiger partial charge in [-0.3, -0.25) is 4.68 Å². The highest BCUT2D eigenvalue weighted by atomic mass is 79.9. The Labute approximate surface area is 110 Å². The van der Waals surface area contributed by atoms with Gasteiger partial charge in [-0.05, 0) is 15.9 Å². The van der Waals surface area contributed by atoms with Gasteiger partial charge < -0.3 is 15.2 Å². The molecule has 0 spiro atoms. The van der Waals surface area contributed by atoms with Gasteiger partial charge in [-0.25, -0.2) is 4.39 Å². The molecule has 2 N–H and O–H groups in total. The van der Waals surface area contributed by atoms with Gasteiger partial charge in [0, 0.05) is 24.2 Å². The lowest BCUT2D eigenvalue weighted by molar-refractivity contribution is 0.173. The van der Waals surface area contributed by atoms with Gasteiger partial charge in [-0.2, -0.15) is 5.10 Å². The minimum atomic E-state index is -0.439. The fraction of sp³-hybridized carbons (Fsp3) is 0.182. The molecule has 18 heavy (non-hydrogen) atoms. The molecule has 1 aromatic heterocycles. The summed E-state index contributed by atoms with van der Waals surface area (Å²) in [6.45, 7) is 0.0827. The Bertz CT molecular complexity index is 642. The number of nitrogens with zero attached hydrogens (tertiary/aromatic N) is 2. The highest BCUT2D eigenvalue weighted by Gasteiger charge is 2.25. The quantitative estimate of drug-likeness (QED) is 0.877. The van der Waals surface area contributed by atoms with Gasteiger partial charge in [0.25, 0.3) is 0 Å². The van der Waals surface area contributed by atoms with Gasteiger partial charge in [0.05, 0.1) is 10.7 Å². The number of aryl methyl sites for hydroxylation is 1. The number of hydrogen-bond donors (Lipinski definition) is 1. The van der Waals surface area contributed by atoms with Crippen LogP contribution in [0.1, 0.15) is 0 Å². The Morgan fingerprint density at radius 1 is 1.50 bits per heavy atom. The molecule has 0 atom stereocenters. The van der Waals surface area contributed by atoms with Crippen LogP contribution in [0.15, 0.2) is 16.7 Å². The van der Waals surface area contributed by atoms with Crippen LogP contribution < -0.4 is 15.2 Å². The van der Waals surface area contributed by atoms with Crippen LogP contribution in [-0.4, -0.2) is 16.6 Å². The van der Waals surface area contributed by atoms with Crippen molar-refractivity contribution >= 4 is 21.7 Å². The van der Waals surface area contributed by atoms with E-state index in [-0.39, 0.29) is 6.79 Å². The molecule has 94 valence electrons. The number of fused-ring (bicyclic) bond motifs is 1. The molecule has 0 aliphatic carbocycles. The van der Waals surface area contributed by atoms with E-state index in [0.717, 1.165) is 0 Å². The lowest BCUT2D eigenvalue weighted by atomic mass is 10.1. The first-order valence-corrected chi connectivity index (χ1v) is 5.94. The van der Waals surface area contributed by atoms with Crippen molar-refractivity contribution in [2.24, 2.45) is 7.05 Å². The van der Waals surface area contributed by atoms with E-state index in [1.807, 2.05) is 0 Å². The van der Waals surface area contributed by atoms with Crippen LogP contribution in [-0.2, 0) is 7.05 Å². The maximum Gasteiger partial charge on any atom is 0.231 e. The summed E-state index contributed by atoms with van der Waals surface area (Å²) in [4.78, 5) is 0. The first-order chi connectivity index (χ1) is 8.59. The number of benzene rings is 1. The Morgan fingerprint density at radius 3 is 2.94 bits per heavy atom. The van der Waals surface area contributed by atoms with E-state index >= 15 is 0 Å². The van der Waals surface area contributed by atoms with Crippen LogP contribution in [0.2, 0.25) is 0 Å². The van der Waals surface area contributed by atoms with Gasteiger partial charge in [0.1, 0.15) is 11.6 Å². The molecule has 3 rings (SSSR count). The average molecular weight is 314 g/mol. The van der Waals surface area contributed by atoms with Crippen LogP contribution in [0, 0.1) is 5.82 Å². The molecule has 0 unspecified atom stereocenters. The summed E-state index contributed by atoms with van der Waals surface area (Å²) in [5.41, 5.74) is 6.70. The van der Waals surface area contributed by atoms with Crippen molar-refractivity contribution < 1.29 is 13.9 Å². The van der Waals surface area contributed by atoms with Crippen molar-refractivity contribution in [2.45, 2.75) is 0 Å². The summed E-state index contributed by atoms with van der Waals surface area (Å²) in [6.07, 6.45) is 1.51. The molecule has 2 heterocycles. The van der Waals surface area contributed by atoms with Crippen LogP contribution in [0.25, 0.3) is 11.1 Å². The molecular formula is C11H9BrFN3O2. The summed E-state index contributed by atoms with van der Waals surface area (Å²) in [7, 11) is 1.69. The Morgan fingerprint density at radius 2 is 2.28 bits per heavy atom. The van der Waals surface area contributed by atoms with Crippen molar-refractivity contribution in [3.05, 3.63) is 22.6 Å². The summed E-state index contributed by atoms with van der Waals surface area (Å²) in [5, 5.41) is 4.00. The molecule has 0 radical (unpaired) electrons. The van der Waals surface area contributed by atoms with E-state index in [0.29, 0.717) is 32.9 Å². The second-order valence-corrected chi connectivity index (χ2v) is 4.64. The Balaban J connectivity index is 2.27. The SMILES string of the molecule is Cn1ncc(-c2c(F)cc3c(c2Br)OCO3)c1N. The van der Waals surface area contributed by atoms with E-state index in [2.05, 4.69) is 21.0 Å². The second-order valence-electron chi connectivity index (χ2n) is 3.85. The van der Waals surface area contributed by atoms with Gasteiger partial charge in [-0.15, -0.1) is 0 Å². The van der Waals surface area contributed by atoms with E-state index in [9.17, 15) is 4.39 Å². The molecule has 0 fully saturated rings. The normalized spacial score (nSPS) is 13.1. The van der Waals surface area contributed by atoms with Crippen molar-refractivity contribution in [3.8, 4) is 22.6 Å². The van der Waals surface area contributed by atoms with Crippen molar-refractivity contribution in [2.75, 3.05) is 12.5 Å². The number of hydrogen-bond acceptors (Lipinski definition) is 4. The number of anilines is 1. The van der Waals surface area contributed by atoms with Gasteiger partial charge in [0.2, 0.25) is 6.79 Å². The summed E-state index contributed by atoms with van der Waals surface area (Å²) >= 11 is 3.33. The summed E-state index contributed by atoms with van der Waals surface area (Å²) in [6, 6.07) is 1.29. The Hall–Kier alpha value is -1.76. The van der Waals surface area contributed by atoms with Crippen LogP contribution >= 0.6 is 15.9 Å². The third-order valence-corrected chi connectivity index (χ3v) is 3.57.